The first-order valence-electron chi connectivity index (χ1n) is 6.50. The molecule has 0 aromatic heterocycles. The first-order valence-corrected chi connectivity index (χ1v) is 6.50. The number of nitrogens with two attached hydrogens (primary N) is 1. The molecule has 1 fully saturated rings. The lowest BCUT2D eigenvalue weighted by Gasteiger charge is -2.36. The second kappa shape index (κ2) is 7.36. The zero-order valence-electron chi connectivity index (χ0n) is 11.3. The van der Waals surface area contributed by atoms with Gasteiger partial charge in [0.05, 0.1) is 0 Å². The van der Waals surface area contributed by atoms with Gasteiger partial charge in [-0.25, -0.2) is 0 Å². The molecule has 1 aliphatic rings. The van der Waals surface area contributed by atoms with Crippen molar-refractivity contribution >= 4 is 24.0 Å². The Morgan fingerprint density at radius 3 is 2.53 bits per heavy atom. The average Bonchev–Trinajstić information content (AvgIpc) is 2.39. The average molecular weight is 284 g/mol. The summed E-state index contributed by atoms with van der Waals surface area (Å²) in [5.41, 5.74) is 7.94. The number of hydrogen-bond donors (Lipinski definition) is 1. The maximum Gasteiger partial charge on any atom is 0.223 e. The maximum absolute atomic E-state index is 11.7. The summed E-state index contributed by atoms with van der Waals surface area (Å²) >= 11 is 0. The molecule has 4 nitrogen and oxygen atoms in total. The molecule has 1 aliphatic heterocycles. The molecule has 1 heterocycles. The normalized spacial score (nSPS) is 15.1. The number of piperazine rings is 1. The summed E-state index contributed by atoms with van der Waals surface area (Å²) in [6.45, 7) is 5.94. The monoisotopic (exact) mass is 283 g/mol. The second-order valence-corrected chi connectivity index (χ2v) is 4.75. The van der Waals surface area contributed by atoms with E-state index in [1.807, 2.05) is 4.90 Å². The number of anilines is 1. The molecule has 2 rings (SSSR count). The van der Waals surface area contributed by atoms with E-state index in [-0.39, 0.29) is 18.3 Å². The van der Waals surface area contributed by atoms with E-state index in [1.165, 1.54) is 11.3 Å². The Balaban J connectivity index is 0.00000180. The Hall–Kier alpha value is -1.26. The van der Waals surface area contributed by atoms with Crippen molar-refractivity contribution in [2.24, 2.45) is 5.73 Å². The van der Waals surface area contributed by atoms with Crippen LogP contribution >= 0.6 is 12.4 Å². The second-order valence-electron chi connectivity index (χ2n) is 4.75. The number of benzene rings is 1. The molecule has 5 heteroatoms. The van der Waals surface area contributed by atoms with Crippen LogP contribution in [0.3, 0.4) is 0 Å². The maximum atomic E-state index is 11.7. The lowest BCUT2D eigenvalue weighted by molar-refractivity contribution is -0.131. The lowest BCUT2D eigenvalue weighted by atomic mass is 10.2. The zero-order valence-corrected chi connectivity index (χ0v) is 12.2. The smallest absolute Gasteiger partial charge is 0.223 e. The van der Waals surface area contributed by atoms with E-state index in [1.54, 1.807) is 0 Å². The molecule has 1 aromatic carbocycles. The largest absolute Gasteiger partial charge is 0.368 e. The molecule has 0 unspecified atom stereocenters. The molecule has 0 atom stereocenters. The van der Waals surface area contributed by atoms with Crippen LogP contribution in [0.2, 0.25) is 0 Å². The van der Waals surface area contributed by atoms with Crippen molar-refractivity contribution in [2.75, 3.05) is 37.6 Å². The topological polar surface area (TPSA) is 49.6 Å². The highest BCUT2D eigenvalue weighted by Crippen LogP contribution is 2.17. The first-order chi connectivity index (χ1) is 8.70. The molecule has 0 bridgehead atoms. The number of amides is 1. The van der Waals surface area contributed by atoms with Crippen molar-refractivity contribution in [3.63, 3.8) is 0 Å². The van der Waals surface area contributed by atoms with Gasteiger partial charge in [-0.3, -0.25) is 4.79 Å². The standard InChI is InChI=1S/C14H21N3O.ClH/c1-12-3-2-4-13(11-12)16-7-9-17(10-8-16)14(18)5-6-15;/h2-4,11H,5-10,15H2,1H3;1H. The van der Waals surface area contributed by atoms with Gasteiger partial charge >= 0.3 is 0 Å². The molecule has 0 aliphatic carbocycles. The van der Waals surface area contributed by atoms with Crippen molar-refractivity contribution < 1.29 is 4.79 Å². The summed E-state index contributed by atoms with van der Waals surface area (Å²) in [6, 6.07) is 8.50. The molecule has 0 spiro atoms. The third-order valence-corrected chi connectivity index (χ3v) is 3.36. The minimum absolute atomic E-state index is 0. The van der Waals surface area contributed by atoms with E-state index < -0.39 is 0 Å². The number of nitrogens with zero attached hydrogens (tertiary/aromatic N) is 2. The molecular formula is C14H22ClN3O. The van der Waals surface area contributed by atoms with E-state index in [0.29, 0.717) is 13.0 Å². The highest BCUT2D eigenvalue weighted by atomic mass is 35.5. The lowest BCUT2D eigenvalue weighted by Crippen LogP contribution is -2.49. The summed E-state index contributed by atoms with van der Waals surface area (Å²) in [5, 5.41) is 0. The quantitative estimate of drug-likeness (QED) is 0.913. The fourth-order valence-corrected chi connectivity index (χ4v) is 2.32. The first kappa shape index (κ1) is 15.8. The Bertz CT molecular complexity index is 417. The molecule has 1 aromatic rings. The van der Waals surface area contributed by atoms with Crippen LogP contribution in [0.15, 0.2) is 24.3 Å². The van der Waals surface area contributed by atoms with Crippen LogP contribution in [0.1, 0.15) is 12.0 Å². The molecule has 0 radical (unpaired) electrons. The van der Waals surface area contributed by atoms with Gasteiger partial charge in [0.25, 0.3) is 0 Å². The summed E-state index contributed by atoms with van der Waals surface area (Å²) in [6.07, 6.45) is 0.463. The molecule has 1 saturated heterocycles. The molecule has 19 heavy (non-hydrogen) atoms. The Morgan fingerprint density at radius 1 is 1.26 bits per heavy atom. The van der Waals surface area contributed by atoms with Crippen LogP contribution in [-0.4, -0.2) is 43.5 Å². The number of carbonyl (C=O) groups is 1. The summed E-state index contributed by atoms with van der Waals surface area (Å²) in [4.78, 5) is 16.0. The van der Waals surface area contributed by atoms with Crippen LogP contribution in [0.25, 0.3) is 0 Å². The Morgan fingerprint density at radius 2 is 1.95 bits per heavy atom. The van der Waals surface area contributed by atoms with Gasteiger partial charge in [-0.15, -0.1) is 12.4 Å². The van der Waals surface area contributed by atoms with Crippen LogP contribution in [0, 0.1) is 6.92 Å². The Kier molecular flexibility index (Phi) is 6.12. The van der Waals surface area contributed by atoms with Crippen molar-refractivity contribution in [1.29, 1.82) is 0 Å². The van der Waals surface area contributed by atoms with Gasteiger partial charge in [0, 0.05) is 44.8 Å². The fourth-order valence-electron chi connectivity index (χ4n) is 2.32. The molecule has 2 N–H and O–H groups in total. The number of halogens is 1. The van der Waals surface area contributed by atoms with Gasteiger partial charge in [0.2, 0.25) is 5.91 Å². The third kappa shape index (κ3) is 4.11. The van der Waals surface area contributed by atoms with Gasteiger partial charge in [-0.05, 0) is 24.6 Å². The number of carbonyl (C=O) groups excluding carboxylic acids is 1. The van der Waals surface area contributed by atoms with Crippen LogP contribution in [0.4, 0.5) is 5.69 Å². The zero-order chi connectivity index (χ0) is 13.0. The van der Waals surface area contributed by atoms with E-state index >= 15 is 0 Å². The number of hydrogen-bond acceptors (Lipinski definition) is 3. The molecule has 1 amide bonds. The minimum atomic E-state index is 0. The highest BCUT2D eigenvalue weighted by Gasteiger charge is 2.20. The van der Waals surface area contributed by atoms with Gasteiger partial charge in [-0.1, -0.05) is 12.1 Å². The molecular weight excluding hydrogens is 262 g/mol. The van der Waals surface area contributed by atoms with Crippen LogP contribution in [-0.2, 0) is 4.79 Å². The Labute approximate surface area is 121 Å². The number of rotatable bonds is 3. The van der Waals surface area contributed by atoms with Crippen molar-refractivity contribution in [1.82, 2.24) is 4.90 Å². The van der Waals surface area contributed by atoms with E-state index in [2.05, 4.69) is 36.1 Å². The van der Waals surface area contributed by atoms with E-state index in [0.717, 1.165) is 26.2 Å². The van der Waals surface area contributed by atoms with E-state index in [9.17, 15) is 4.79 Å². The van der Waals surface area contributed by atoms with Gasteiger partial charge in [-0.2, -0.15) is 0 Å². The summed E-state index contributed by atoms with van der Waals surface area (Å²) in [5.74, 6) is 0.182. The van der Waals surface area contributed by atoms with Crippen molar-refractivity contribution in [3.05, 3.63) is 29.8 Å². The predicted molar refractivity (Wildman–Crippen MR) is 80.9 cm³/mol. The van der Waals surface area contributed by atoms with Gasteiger partial charge < -0.3 is 15.5 Å². The number of aryl methyl sites for hydroxylation is 1. The SMILES string of the molecule is Cc1cccc(N2CCN(C(=O)CCN)CC2)c1.Cl. The van der Waals surface area contributed by atoms with Gasteiger partial charge in [0.15, 0.2) is 0 Å². The summed E-state index contributed by atoms with van der Waals surface area (Å²) < 4.78 is 0. The third-order valence-electron chi connectivity index (χ3n) is 3.36. The van der Waals surface area contributed by atoms with Crippen molar-refractivity contribution in [2.45, 2.75) is 13.3 Å². The van der Waals surface area contributed by atoms with Gasteiger partial charge in [0.1, 0.15) is 0 Å². The fraction of sp³-hybridized carbons (Fsp3) is 0.500. The van der Waals surface area contributed by atoms with Crippen LogP contribution < -0.4 is 10.6 Å². The highest BCUT2D eigenvalue weighted by molar-refractivity contribution is 5.85. The predicted octanol–water partition coefficient (Wildman–Crippen LogP) is 1.41. The molecule has 0 saturated carbocycles. The van der Waals surface area contributed by atoms with Crippen molar-refractivity contribution in [3.8, 4) is 0 Å². The molecule has 106 valence electrons. The van der Waals surface area contributed by atoms with Crippen LogP contribution in [0.5, 0.6) is 0 Å². The minimum Gasteiger partial charge on any atom is -0.368 e. The summed E-state index contributed by atoms with van der Waals surface area (Å²) in [7, 11) is 0. The van der Waals surface area contributed by atoms with E-state index in [4.69, 9.17) is 5.73 Å².